The molecule has 3 unspecified atom stereocenters. The van der Waals surface area contributed by atoms with E-state index in [4.69, 9.17) is 0 Å². The van der Waals surface area contributed by atoms with Gasteiger partial charge in [0.25, 0.3) is 0 Å². The van der Waals surface area contributed by atoms with Crippen LogP contribution in [0, 0.1) is 5.92 Å². The predicted molar refractivity (Wildman–Crippen MR) is 76.2 cm³/mol. The molecule has 3 atom stereocenters. The summed E-state index contributed by atoms with van der Waals surface area (Å²) in [5.41, 5.74) is 1.52. The van der Waals surface area contributed by atoms with Crippen LogP contribution in [0.15, 0.2) is 6.07 Å². The SMILES string of the molecule is O=C(NCc1cc2c(s1)CCC2)C1CC2CCC1N2. The fourth-order valence-corrected chi connectivity index (χ4v) is 5.10. The lowest BCUT2D eigenvalue weighted by Gasteiger charge is -2.19. The summed E-state index contributed by atoms with van der Waals surface area (Å²) in [6, 6.07) is 3.34. The Labute approximate surface area is 117 Å². The van der Waals surface area contributed by atoms with Gasteiger partial charge in [0.2, 0.25) is 5.91 Å². The number of amides is 1. The van der Waals surface area contributed by atoms with Crippen LogP contribution in [0.2, 0.25) is 0 Å². The molecule has 1 aliphatic carbocycles. The van der Waals surface area contributed by atoms with Crippen molar-refractivity contribution < 1.29 is 4.79 Å². The molecule has 2 aliphatic heterocycles. The van der Waals surface area contributed by atoms with Crippen LogP contribution in [0.25, 0.3) is 0 Å². The van der Waals surface area contributed by atoms with E-state index < -0.39 is 0 Å². The lowest BCUT2D eigenvalue weighted by Crippen LogP contribution is -2.37. The first-order chi connectivity index (χ1) is 9.29. The van der Waals surface area contributed by atoms with Gasteiger partial charge in [0.15, 0.2) is 0 Å². The fourth-order valence-electron chi connectivity index (χ4n) is 3.90. The van der Waals surface area contributed by atoms with E-state index in [0.717, 1.165) is 13.0 Å². The van der Waals surface area contributed by atoms with Gasteiger partial charge < -0.3 is 10.6 Å². The summed E-state index contributed by atoms with van der Waals surface area (Å²) < 4.78 is 0. The average molecular weight is 276 g/mol. The first kappa shape index (κ1) is 11.9. The third-order valence-corrected chi connectivity index (χ3v) is 6.11. The Kier molecular flexibility index (Phi) is 2.88. The van der Waals surface area contributed by atoms with Gasteiger partial charge in [0.05, 0.1) is 12.5 Å². The molecule has 4 heteroatoms. The molecule has 2 fully saturated rings. The number of thiophene rings is 1. The van der Waals surface area contributed by atoms with Gasteiger partial charge in [-0.3, -0.25) is 4.79 Å². The smallest absolute Gasteiger partial charge is 0.225 e. The summed E-state index contributed by atoms with van der Waals surface area (Å²) in [4.78, 5) is 15.1. The van der Waals surface area contributed by atoms with Gasteiger partial charge in [-0.2, -0.15) is 0 Å². The van der Waals surface area contributed by atoms with Crippen LogP contribution in [0.4, 0.5) is 0 Å². The molecule has 3 heterocycles. The number of hydrogen-bond acceptors (Lipinski definition) is 3. The van der Waals surface area contributed by atoms with Gasteiger partial charge >= 0.3 is 0 Å². The molecule has 4 rings (SSSR count). The molecule has 1 amide bonds. The van der Waals surface area contributed by atoms with E-state index in [-0.39, 0.29) is 11.8 Å². The molecule has 2 bridgehead atoms. The minimum absolute atomic E-state index is 0.213. The summed E-state index contributed by atoms with van der Waals surface area (Å²) in [7, 11) is 0. The van der Waals surface area contributed by atoms with Gasteiger partial charge in [-0.15, -0.1) is 11.3 Å². The Balaban J connectivity index is 1.35. The van der Waals surface area contributed by atoms with Crippen molar-refractivity contribution in [3.63, 3.8) is 0 Å². The minimum atomic E-state index is 0.213. The van der Waals surface area contributed by atoms with Crippen molar-refractivity contribution in [1.82, 2.24) is 10.6 Å². The van der Waals surface area contributed by atoms with Crippen LogP contribution < -0.4 is 10.6 Å². The van der Waals surface area contributed by atoms with Crippen molar-refractivity contribution in [2.45, 2.75) is 57.2 Å². The number of carbonyl (C=O) groups is 1. The second-order valence-electron chi connectivity index (χ2n) is 6.12. The molecule has 0 aromatic carbocycles. The monoisotopic (exact) mass is 276 g/mol. The molecule has 3 nitrogen and oxygen atoms in total. The Bertz CT molecular complexity index is 489. The van der Waals surface area contributed by atoms with E-state index in [9.17, 15) is 4.79 Å². The highest BCUT2D eigenvalue weighted by molar-refractivity contribution is 7.12. The van der Waals surface area contributed by atoms with E-state index in [1.807, 2.05) is 11.3 Å². The average Bonchev–Trinajstić information content (AvgIpc) is 3.14. The lowest BCUT2D eigenvalue weighted by atomic mass is 9.88. The van der Waals surface area contributed by atoms with Gasteiger partial charge in [0, 0.05) is 21.8 Å². The quantitative estimate of drug-likeness (QED) is 0.886. The predicted octanol–water partition coefficient (Wildman–Crippen LogP) is 1.99. The second-order valence-corrected chi connectivity index (χ2v) is 7.34. The molecular weight excluding hydrogens is 256 g/mol. The largest absolute Gasteiger partial charge is 0.351 e. The number of rotatable bonds is 3. The first-order valence-corrected chi connectivity index (χ1v) is 8.25. The Morgan fingerprint density at radius 3 is 3.11 bits per heavy atom. The third-order valence-electron chi connectivity index (χ3n) is 4.87. The number of fused-ring (bicyclic) bond motifs is 3. The molecule has 1 aromatic heterocycles. The highest BCUT2D eigenvalue weighted by Crippen LogP contribution is 2.34. The number of aryl methyl sites for hydroxylation is 2. The highest BCUT2D eigenvalue weighted by Gasteiger charge is 2.42. The summed E-state index contributed by atoms with van der Waals surface area (Å²) in [6.45, 7) is 0.727. The molecule has 0 radical (unpaired) electrons. The zero-order valence-corrected chi connectivity index (χ0v) is 11.9. The van der Waals surface area contributed by atoms with Crippen LogP contribution in [0.5, 0.6) is 0 Å². The van der Waals surface area contributed by atoms with E-state index in [1.165, 1.54) is 42.5 Å². The second kappa shape index (κ2) is 4.60. The molecule has 3 aliphatic rings. The molecule has 0 saturated carbocycles. The molecule has 1 aromatic rings. The minimum Gasteiger partial charge on any atom is -0.351 e. The molecule has 2 N–H and O–H groups in total. The summed E-state index contributed by atoms with van der Waals surface area (Å²) >= 11 is 1.89. The molecular formula is C15H20N2OS. The number of carbonyl (C=O) groups excluding carboxylic acids is 1. The Hall–Kier alpha value is -0.870. The zero-order valence-electron chi connectivity index (χ0n) is 11.1. The molecule has 19 heavy (non-hydrogen) atoms. The molecule has 2 saturated heterocycles. The maximum Gasteiger partial charge on any atom is 0.225 e. The van der Waals surface area contributed by atoms with E-state index in [2.05, 4.69) is 16.7 Å². The van der Waals surface area contributed by atoms with Gasteiger partial charge in [-0.1, -0.05) is 0 Å². The maximum atomic E-state index is 12.2. The molecule has 0 spiro atoms. The topological polar surface area (TPSA) is 41.1 Å². The van der Waals surface area contributed by atoms with Gasteiger partial charge in [-0.05, 0) is 50.2 Å². The van der Waals surface area contributed by atoms with Crippen LogP contribution >= 0.6 is 11.3 Å². The number of hydrogen-bond donors (Lipinski definition) is 2. The van der Waals surface area contributed by atoms with E-state index in [1.54, 1.807) is 4.88 Å². The first-order valence-electron chi connectivity index (χ1n) is 7.44. The Morgan fingerprint density at radius 2 is 2.37 bits per heavy atom. The van der Waals surface area contributed by atoms with Crippen molar-refractivity contribution in [2.75, 3.05) is 0 Å². The van der Waals surface area contributed by atoms with Crippen molar-refractivity contribution >= 4 is 17.2 Å². The Morgan fingerprint density at radius 1 is 1.42 bits per heavy atom. The number of nitrogens with one attached hydrogen (secondary N) is 2. The normalized spacial score (nSPS) is 31.7. The lowest BCUT2D eigenvalue weighted by molar-refractivity contribution is -0.125. The highest BCUT2D eigenvalue weighted by atomic mass is 32.1. The summed E-state index contributed by atoms with van der Waals surface area (Å²) in [6.07, 6.45) is 7.25. The zero-order chi connectivity index (χ0) is 12.8. The van der Waals surface area contributed by atoms with E-state index >= 15 is 0 Å². The van der Waals surface area contributed by atoms with E-state index in [0.29, 0.717) is 12.1 Å². The fraction of sp³-hybridized carbons (Fsp3) is 0.667. The third kappa shape index (κ3) is 2.11. The maximum absolute atomic E-state index is 12.2. The van der Waals surface area contributed by atoms with Crippen LogP contribution in [-0.4, -0.2) is 18.0 Å². The standard InChI is InChI=1S/C15H20N2OS/c18-15(12-7-10-4-5-13(12)17-10)16-8-11-6-9-2-1-3-14(9)19-11/h6,10,12-13,17H,1-5,7-8H2,(H,16,18). The summed E-state index contributed by atoms with van der Waals surface area (Å²) in [5.74, 6) is 0.471. The van der Waals surface area contributed by atoms with Gasteiger partial charge in [-0.25, -0.2) is 0 Å². The van der Waals surface area contributed by atoms with Crippen LogP contribution in [0.1, 0.15) is 41.0 Å². The molecule has 102 valence electrons. The van der Waals surface area contributed by atoms with Crippen molar-refractivity contribution in [2.24, 2.45) is 5.92 Å². The van der Waals surface area contributed by atoms with Crippen molar-refractivity contribution in [3.8, 4) is 0 Å². The van der Waals surface area contributed by atoms with Gasteiger partial charge in [0.1, 0.15) is 0 Å². The van der Waals surface area contributed by atoms with Crippen molar-refractivity contribution in [1.29, 1.82) is 0 Å². The summed E-state index contributed by atoms with van der Waals surface area (Å²) in [5, 5.41) is 6.68. The van der Waals surface area contributed by atoms with Crippen LogP contribution in [-0.2, 0) is 24.2 Å². The van der Waals surface area contributed by atoms with Crippen molar-refractivity contribution in [3.05, 3.63) is 21.4 Å². The van der Waals surface area contributed by atoms with Crippen LogP contribution in [0.3, 0.4) is 0 Å².